The third-order valence-corrected chi connectivity index (χ3v) is 4.64. The Hall–Kier alpha value is 0.0649. The first kappa shape index (κ1) is 10.1. The average Bonchev–Trinajstić information content (AvgIpc) is 2.10. The predicted octanol–water partition coefficient (Wildman–Crippen LogP) is 3.43. The summed E-state index contributed by atoms with van der Waals surface area (Å²) in [6.45, 7) is 11.6. The van der Waals surface area contributed by atoms with Gasteiger partial charge in [-0.25, -0.2) is 0 Å². The van der Waals surface area contributed by atoms with Crippen molar-refractivity contribution < 1.29 is 0 Å². The highest BCUT2D eigenvalue weighted by Gasteiger charge is 2.51. The van der Waals surface area contributed by atoms with Crippen LogP contribution in [0.1, 0.15) is 47.5 Å². The van der Waals surface area contributed by atoms with E-state index in [0.29, 0.717) is 16.6 Å². The molecule has 68 valence electrons. The number of hydrogen-bond acceptors (Lipinski definition) is 0. The minimum absolute atomic E-state index is 0.299. The second-order valence-corrected chi connectivity index (χ2v) is 5.39. The Kier molecular flexibility index (Phi) is 2.35. The maximum Gasteiger partial charge on any atom is 0.0707 e. The smallest absolute Gasteiger partial charge is 0.0707 e. The highest BCUT2D eigenvalue weighted by molar-refractivity contribution is 6.12. The van der Waals surface area contributed by atoms with Gasteiger partial charge in [-0.1, -0.05) is 53.3 Å². The largest absolute Gasteiger partial charge is 0.0716 e. The fraction of sp³-hybridized carbons (Fsp3) is 1.00. The third-order valence-electron chi connectivity index (χ3n) is 4.64. The summed E-state index contributed by atoms with van der Waals surface area (Å²) >= 11 is 0. The van der Waals surface area contributed by atoms with Crippen LogP contribution in [0.15, 0.2) is 0 Å². The Morgan fingerprint density at radius 3 is 1.83 bits per heavy atom. The molecule has 0 aromatic rings. The van der Waals surface area contributed by atoms with Crippen LogP contribution in [0.4, 0.5) is 0 Å². The Morgan fingerprint density at radius 1 is 1.17 bits per heavy atom. The Balaban J connectivity index is 2.92. The van der Waals surface area contributed by atoms with Crippen molar-refractivity contribution in [1.82, 2.24) is 0 Å². The van der Waals surface area contributed by atoms with Gasteiger partial charge in [0.05, 0.1) is 7.85 Å². The van der Waals surface area contributed by atoms with Crippen molar-refractivity contribution in [1.29, 1.82) is 0 Å². The van der Waals surface area contributed by atoms with Gasteiger partial charge in [0.25, 0.3) is 0 Å². The van der Waals surface area contributed by atoms with E-state index >= 15 is 0 Å². The molecular formula is C11H21B. The van der Waals surface area contributed by atoms with E-state index in [1.165, 1.54) is 12.8 Å². The summed E-state index contributed by atoms with van der Waals surface area (Å²) in [5.74, 6) is 1.19. The lowest BCUT2D eigenvalue weighted by molar-refractivity contribution is 0.106. The maximum atomic E-state index is 6.15. The molecule has 0 aromatic heterocycles. The fourth-order valence-electron chi connectivity index (χ4n) is 2.58. The predicted molar refractivity (Wildman–Crippen MR) is 55.5 cm³/mol. The molecule has 1 aliphatic rings. The molecule has 2 atom stereocenters. The first-order chi connectivity index (χ1) is 5.34. The molecule has 2 unspecified atom stereocenters. The molecular weight excluding hydrogens is 143 g/mol. The molecule has 1 rings (SSSR count). The second-order valence-electron chi connectivity index (χ2n) is 5.39. The lowest BCUT2D eigenvalue weighted by atomic mass is 9.60. The zero-order valence-electron chi connectivity index (χ0n) is 9.15. The molecule has 0 spiro atoms. The van der Waals surface area contributed by atoms with Gasteiger partial charge in [0, 0.05) is 0 Å². The molecule has 0 bridgehead atoms. The summed E-state index contributed by atoms with van der Waals surface area (Å²) in [5.41, 5.74) is 0.703. The van der Waals surface area contributed by atoms with Gasteiger partial charge in [0.2, 0.25) is 0 Å². The van der Waals surface area contributed by atoms with Crippen LogP contribution in [0.25, 0.3) is 0 Å². The summed E-state index contributed by atoms with van der Waals surface area (Å²) < 4.78 is 0. The normalized spacial score (nSPS) is 38.4. The van der Waals surface area contributed by atoms with Crippen LogP contribution in [0.5, 0.6) is 0 Å². The van der Waals surface area contributed by atoms with Gasteiger partial charge in [-0.2, -0.15) is 0 Å². The summed E-state index contributed by atoms with van der Waals surface area (Å²) in [7, 11) is 6.15. The maximum absolute atomic E-state index is 6.15. The van der Waals surface area contributed by atoms with Crippen molar-refractivity contribution in [3.8, 4) is 0 Å². The van der Waals surface area contributed by atoms with E-state index in [2.05, 4.69) is 34.6 Å². The Morgan fingerprint density at radius 2 is 1.67 bits per heavy atom. The highest BCUT2D eigenvalue weighted by atomic mass is 14.5. The van der Waals surface area contributed by atoms with E-state index in [1.54, 1.807) is 0 Å². The SMILES string of the molecule is [B]C1CC(CC)C(C)(C)C1(C)C. The third kappa shape index (κ3) is 1.13. The van der Waals surface area contributed by atoms with Gasteiger partial charge in [-0.05, 0) is 16.7 Å². The monoisotopic (exact) mass is 164 g/mol. The van der Waals surface area contributed by atoms with Gasteiger partial charge < -0.3 is 0 Å². The zero-order chi connectivity index (χ0) is 9.57. The van der Waals surface area contributed by atoms with Crippen LogP contribution in [0.2, 0.25) is 5.82 Å². The minimum atomic E-state index is 0.299. The average molecular weight is 164 g/mol. The molecule has 0 N–H and O–H groups in total. The second kappa shape index (κ2) is 2.78. The van der Waals surface area contributed by atoms with Gasteiger partial charge in [0.1, 0.15) is 0 Å². The lowest BCUT2D eigenvalue weighted by Crippen LogP contribution is -2.33. The molecule has 1 fully saturated rings. The fourth-order valence-corrected chi connectivity index (χ4v) is 2.58. The van der Waals surface area contributed by atoms with E-state index in [0.717, 1.165) is 5.92 Å². The molecule has 1 heteroatoms. The summed E-state index contributed by atoms with van der Waals surface area (Å²) in [6.07, 6.45) is 2.47. The molecule has 12 heavy (non-hydrogen) atoms. The number of hydrogen-bond donors (Lipinski definition) is 0. The van der Waals surface area contributed by atoms with Crippen molar-refractivity contribution in [2.24, 2.45) is 16.7 Å². The van der Waals surface area contributed by atoms with Crippen molar-refractivity contribution in [2.45, 2.75) is 53.3 Å². The molecule has 1 aliphatic carbocycles. The molecule has 0 saturated heterocycles. The van der Waals surface area contributed by atoms with E-state index in [-0.39, 0.29) is 0 Å². The summed E-state index contributed by atoms with van der Waals surface area (Å²) in [4.78, 5) is 0. The Labute approximate surface area is 78.5 Å². The van der Waals surface area contributed by atoms with E-state index in [4.69, 9.17) is 7.85 Å². The molecule has 0 aliphatic heterocycles. The van der Waals surface area contributed by atoms with Gasteiger partial charge in [-0.15, -0.1) is 0 Å². The van der Waals surface area contributed by atoms with Crippen molar-refractivity contribution in [3.05, 3.63) is 0 Å². The standard InChI is InChI=1S/C11H21B/c1-6-8-7-9(12)11(4,5)10(8,2)3/h8-9H,6-7H2,1-5H3. The first-order valence-electron chi connectivity index (χ1n) is 5.09. The van der Waals surface area contributed by atoms with Crippen LogP contribution in [0, 0.1) is 16.7 Å². The lowest BCUT2D eigenvalue weighted by Gasteiger charge is -2.41. The molecule has 0 amide bonds. The van der Waals surface area contributed by atoms with Crippen molar-refractivity contribution >= 4 is 7.85 Å². The van der Waals surface area contributed by atoms with Gasteiger partial charge in [0.15, 0.2) is 0 Å². The molecule has 0 nitrogen and oxygen atoms in total. The molecule has 1 saturated carbocycles. The van der Waals surface area contributed by atoms with E-state index in [9.17, 15) is 0 Å². The Bertz CT molecular complexity index is 170. The van der Waals surface area contributed by atoms with Crippen LogP contribution in [0.3, 0.4) is 0 Å². The zero-order valence-corrected chi connectivity index (χ0v) is 9.15. The summed E-state index contributed by atoms with van der Waals surface area (Å²) in [6, 6.07) is 0. The van der Waals surface area contributed by atoms with Crippen LogP contribution in [-0.4, -0.2) is 7.85 Å². The minimum Gasteiger partial charge on any atom is -0.0716 e. The van der Waals surface area contributed by atoms with Crippen LogP contribution < -0.4 is 0 Å². The van der Waals surface area contributed by atoms with E-state index in [1.807, 2.05) is 0 Å². The van der Waals surface area contributed by atoms with Crippen LogP contribution >= 0.6 is 0 Å². The van der Waals surface area contributed by atoms with Crippen molar-refractivity contribution in [2.75, 3.05) is 0 Å². The van der Waals surface area contributed by atoms with Crippen LogP contribution in [-0.2, 0) is 0 Å². The molecule has 2 radical (unpaired) electrons. The molecule has 0 aromatic carbocycles. The number of rotatable bonds is 1. The quantitative estimate of drug-likeness (QED) is 0.521. The van der Waals surface area contributed by atoms with Crippen molar-refractivity contribution in [3.63, 3.8) is 0 Å². The summed E-state index contributed by atoms with van der Waals surface area (Å²) in [5, 5.41) is 0. The van der Waals surface area contributed by atoms with E-state index < -0.39 is 0 Å². The molecule has 0 heterocycles. The topological polar surface area (TPSA) is 0 Å². The first-order valence-corrected chi connectivity index (χ1v) is 5.09. The van der Waals surface area contributed by atoms with Gasteiger partial charge in [-0.3, -0.25) is 0 Å². The van der Waals surface area contributed by atoms with Gasteiger partial charge >= 0.3 is 0 Å². The highest BCUT2D eigenvalue weighted by Crippen LogP contribution is 2.61.